The molecule has 21 heavy (non-hydrogen) atoms. The van der Waals surface area contributed by atoms with Crippen LogP contribution >= 0.6 is 0 Å². The first kappa shape index (κ1) is 14.6. The molecule has 1 aliphatic heterocycles. The lowest BCUT2D eigenvalue weighted by Gasteiger charge is -2.41. The van der Waals surface area contributed by atoms with E-state index in [1.165, 1.54) is 6.92 Å². The molecule has 0 spiro atoms. The van der Waals surface area contributed by atoms with Crippen molar-refractivity contribution >= 4 is 11.9 Å². The Kier molecular flexibility index (Phi) is 3.38. The summed E-state index contributed by atoms with van der Waals surface area (Å²) < 4.78 is 11.3. The molecule has 0 N–H and O–H groups in total. The van der Waals surface area contributed by atoms with Crippen molar-refractivity contribution in [3.8, 4) is 0 Å². The monoisotopic (exact) mass is 292 g/mol. The Hall–Kier alpha value is -1.32. The van der Waals surface area contributed by atoms with E-state index in [1.807, 2.05) is 0 Å². The molecule has 2 aliphatic carbocycles. The zero-order chi connectivity index (χ0) is 15.4. The molecule has 116 valence electrons. The minimum absolute atomic E-state index is 0.0751. The topological polar surface area (TPSA) is 52.6 Å². The molecule has 0 aromatic carbocycles. The van der Waals surface area contributed by atoms with E-state index >= 15 is 0 Å². The zero-order valence-corrected chi connectivity index (χ0v) is 13.1. The standard InChI is InChI=1S/C17H24O4/c1-9-5-6-12-10(2)16(19)21-15(12)17(4)13(9)7-8-14(17)20-11(3)18/h9,12-15H,2,5-8H2,1,3-4H3/t9-,12-,13-,14+,15+,17-/m0/s1. The first-order valence-electron chi connectivity index (χ1n) is 7.92. The molecule has 0 radical (unpaired) electrons. The highest BCUT2D eigenvalue weighted by Crippen LogP contribution is 2.58. The van der Waals surface area contributed by atoms with Gasteiger partial charge in [0.15, 0.2) is 0 Å². The van der Waals surface area contributed by atoms with E-state index in [-0.39, 0.29) is 35.5 Å². The number of fused-ring (bicyclic) bond motifs is 3. The van der Waals surface area contributed by atoms with Gasteiger partial charge in [-0.3, -0.25) is 4.79 Å². The van der Waals surface area contributed by atoms with Crippen LogP contribution in [0.2, 0.25) is 0 Å². The summed E-state index contributed by atoms with van der Waals surface area (Å²) in [4.78, 5) is 23.4. The normalized spacial score (nSPS) is 45.6. The molecule has 6 atom stereocenters. The highest BCUT2D eigenvalue weighted by Gasteiger charge is 2.62. The summed E-state index contributed by atoms with van der Waals surface area (Å²) in [5, 5.41) is 0. The fraction of sp³-hybridized carbons (Fsp3) is 0.765. The second kappa shape index (κ2) is 4.85. The summed E-state index contributed by atoms with van der Waals surface area (Å²) >= 11 is 0. The Morgan fingerprint density at radius 1 is 1.33 bits per heavy atom. The second-order valence-corrected chi connectivity index (χ2v) is 7.16. The number of hydrogen-bond donors (Lipinski definition) is 0. The van der Waals surface area contributed by atoms with Crippen molar-refractivity contribution < 1.29 is 19.1 Å². The van der Waals surface area contributed by atoms with Crippen molar-refractivity contribution in [1.82, 2.24) is 0 Å². The average Bonchev–Trinajstić information content (AvgIpc) is 2.84. The van der Waals surface area contributed by atoms with E-state index in [1.54, 1.807) is 0 Å². The average molecular weight is 292 g/mol. The largest absolute Gasteiger partial charge is 0.462 e. The molecule has 4 nitrogen and oxygen atoms in total. The van der Waals surface area contributed by atoms with E-state index in [0.29, 0.717) is 17.4 Å². The maximum Gasteiger partial charge on any atom is 0.334 e. The third-order valence-electron chi connectivity index (χ3n) is 6.08. The van der Waals surface area contributed by atoms with E-state index in [0.717, 1.165) is 25.7 Å². The molecule has 0 unspecified atom stereocenters. The van der Waals surface area contributed by atoms with Crippen LogP contribution in [0.15, 0.2) is 12.2 Å². The van der Waals surface area contributed by atoms with Crippen LogP contribution in [0.4, 0.5) is 0 Å². The van der Waals surface area contributed by atoms with Gasteiger partial charge in [-0.05, 0) is 37.5 Å². The van der Waals surface area contributed by atoms with Crippen LogP contribution in [-0.2, 0) is 19.1 Å². The molecule has 0 amide bonds. The number of ether oxygens (including phenoxy) is 2. The number of esters is 2. The molecule has 3 rings (SSSR count). The van der Waals surface area contributed by atoms with Gasteiger partial charge >= 0.3 is 11.9 Å². The van der Waals surface area contributed by atoms with Crippen molar-refractivity contribution in [3.05, 3.63) is 12.2 Å². The van der Waals surface area contributed by atoms with Crippen LogP contribution in [0, 0.1) is 23.2 Å². The summed E-state index contributed by atoms with van der Waals surface area (Å²) in [6.45, 7) is 9.80. The number of hydrogen-bond acceptors (Lipinski definition) is 4. The van der Waals surface area contributed by atoms with Crippen molar-refractivity contribution in [1.29, 1.82) is 0 Å². The van der Waals surface area contributed by atoms with Gasteiger partial charge in [-0.25, -0.2) is 4.79 Å². The Morgan fingerprint density at radius 2 is 2.05 bits per heavy atom. The van der Waals surface area contributed by atoms with E-state index in [4.69, 9.17) is 9.47 Å². The van der Waals surface area contributed by atoms with Crippen LogP contribution in [0.3, 0.4) is 0 Å². The van der Waals surface area contributed by atoms with Crippen molar-refractivity contribution in [3.63, 3.8) is 0 Å². The SMILES string of the molecule is C=C1C(=O)O[C@@H]2[C@H]1CC[C@H](C)[C@@H]1CC[C@@H](OC(C)=O)[C@@]21C. The minimum Gasteiger partial charge on any atom is -0.462 e. The summed E-state index contributed by atoms with van der Waals surface area (Å²) in [7, 11) is 0. The van der Waals surface area contributed by atoms with Crippen molar-refractivity contribution in [2.24, 2.45) is 23.2 Å². The summed E-state index contributed by atoms with van der Waals surface area (Å²) in [6.07, 6.45) is 3.55. The highest BCUT2D eigenvalue weighted by molar-refractivity contribution is 5.91. The van der Waals surface area contributed by atoms with Gasteiger partial charge in [-0.15, -0.1) is 0 Å². The number of carbonyl (C=O) groups is 2. The third-order valence-corrected chi connectivity index (χ3v) is 6.08. The smallest absolute Gasteiger partial charge is 0.334 e. The van der Waals surface area contributed by atoms with E-state index in [2.05, 4.69) is 20.4 Å². The summed E-state index contributed by atoms with van der Waals surface area (Å²) in [5.74, 6) is 0.529. The summed E-state index contributed by atoms with van der Waals surface area (Å²) in [5.41, 5.74) is 0.309. The van der Waals surface area contributed by atoms with Gasteiger partial charge in [-0.2, -0.15) is 0 Å². The molecule has 4 heteroatoms. The van der Waals surface area contributed by atoms with Gasteiger partial charge in [0, 0.05) is 23.8 Å². The first-order valence-corrected chi connectivity index (χ1v) is 7.92. The Morgan fingerprint density at radius 3 is 2.71 bits per heavy atom. The van der Waals surface area contributed by atoms with Gasteiger partial charge in [0.1, 0.15) is 12.2 Å². The van der Waals surface area contributed by atoms with E-state index < -0.39 is 0 Å². The molecule has 2 saturated carbocycles. The lowest BCUT2D eigenvalue weighted by molar-refractivity contribution is -0.166. The molecule has 0 bridgehead atoms. The van der Waals surface area contributed by atoms with Gasteiger partial charge in [-0.1, -0.05) is 20.4 Å². The van der Waals surface area contributed by atoms with Gasteiger partial charge in [0.05, 0.1) is 0 Å². The van der Waals surface area contributed by atoms with Gasteiger partial charge < -0.3 is 9.47 Å². The maximum absolute atomic E-state index is 12.0. The van der Waals surface area contributed by atoms with Crippen LogP contribution in [0.5, 0.6) is 0 Å². The molecule has 3 fully saturated rings. The van der Waals surface area contributed by atoms with Crippen LogP contribution < -0.4 is 0 Å². The minimum atomic E-state index is -0.290. The molecular formula is C17H24O4. The molecule has 0 aromatic heterocycles. The lowest BCUT2D eigenvalue weighted by Crippen LogP contribution is -2.48. The maximum atomic E-state index is 12.0. The fourth-order valence-electron chi connectivity index (χ4n) is 5.01. The predicted octanol–water partition coefficient (Wildman–Crippen LogP) is 2.86. The Labute approximate surface area is 125 Å². The van der Waals surface area contributed by atoms with Crippen LogP contribution in [0.1, 0.15) is 46.5 Å². The van der Waals surface area contributed by atoms with E-state index in [9.17, 15) is 9.59 Å². The molecular weight excluding hydrogens is 268 g/mol. The van der Waals surface area contributed by atoms with Gasteiger partial charge in [0.2, 0.25) is 0 Å². The quantitative estimate of drug-likeness (QED) is 0.551. The first-order chi connectivity index (χ1) is 9.85. The lowest BCUT2D eigenvalue weighted by atomic mass is 9.68. The molecule has 0 aromatic rings. The summed E-state index contributed by atoms with van der Waals surface area (Å²) in [6, 6.07) is 0. The van der Waals surface area contributed by atoms with Crippen molar-refractivity contribution in [2.45, 2.75) is 58.7 Å². The molecule has 3 aliphatic rings. The number of rotatable bonds is 1. The van der Waals surface area contributed by atoms with Crippen LogP contribution in [-0.4, -0.2) is 24.1 Å². The second-order valence-electron chi connectivity index (χ2n) is 7.16. The fourth-order valence-corrected chi connectivity index (χ4v) is 5.01. The van der Waals surface area contributed by atoms with Crippen molar-refractivity contribution in [2.75, 3.05) is 0 Å². The molecule has 1 saturated heterocycles. The Bertz CT molecular complexity index is 497. The predicted molar refractivity (Wildman–Crippen MR) is 77.3 cm³/mol. The molecule has 1 heterocycles. The Balaban J connectivity index is 2.01. The third kappa shape index (κ3) is 2.02. The number of carbonyl (C=O) groups excluding carboxylic acids is 2. The van der Waals surface area contributed by atoms with Crippen LogP contribution in [0.25, 0.3) is 0 Å². The van der Waals surface area contributed by atoms with Gasteiger partial charge in [0.25, 0.3) is 0 Å². The zero-order valence-electron chi connectivity index (χ0n) is 13.1. The highest BCUT2D eigenvalue weighted by atomic mass is 16.6.